The Hall–Kier alpha value is -0.430. The van der Waals surface area contributed by atoms with Crippen LogP contribution >= 0.6 is 22.9 Å². The lowest BCUT2D eigenvalue weighted by atomic mass is 10.1. The SMILES string of the molecule is COC(CC(C)=O)CC(Cl)S(=O)(=O)c1cccs1. The number of ether oxygens (including phenoxy) is 1. The molecule has 0 aliphatic carbocycles. The molecule has 2 unspecified atom stereocenters. The Kier molecular flexibility index (Phi) is 5.78. The summed E-state index contributed by atoms with van der Waals surface area (Å²) in [6.45, 7) is 1.43. The van der Waals surface area contributed by atoms with E-state index in [1.54, 1.807) is 11.4 Å². The maximum Gasteiger partial charge on any atom is 0.204 e. The first-order valence-electron chi connectivity index (χ1n) is 5.31. The van der Waals surface area contributed by atoms with Crippen LogP contribution in [0, 0.1) is 0 Å². The second kappa shape index (κ2) is 6.65. The first kappa shape index (κ1) is 15.6. The Bertz CT molecular complexity index is 481. The summed E-state index contributed by atoms with van der Waals surface area (Å²) in [5.74, 6) is -0.0563. The Morgan fingerprint density at radius 2 is 2.22 bits per heavy atom. The van der Waals surface area contributed by atoms with Gasteiger partial charge in [0.25, 0.3) is 0 Å². The molecule has 18 heavy (non-hydrogen) atoms. The highest BCUT2D eigenvalue weighted by Gasteiger charge is 2.29. The third-order valence-electron chi connectivity index (χ3n) is 2.41. The van der Waals surface area contributed by atoms with Gasteiger partial charge in [0.05, 0.1) is 6.10 Å². The molecule has 0 bridgehead atoms. The fraction of sp³-hybridized carbons (Fsp3) is 0.545. The van der Waals surface area contributed by atoms with Crippen molar-refractivity contribution in [2.45, 2.75) is 34.8 Å². The summed E-state index contributed by atoms with van der Waals surface area (Å²) in [5, 5.41) is 1.68. The first-order valence-corrected chi connectivity index (χ1v) is 8.18. The third kappa shape index (κ3) is 4.05. The Labute approximate surface area is 116 Å². The number of thiophene rings is 1. The molecule has 0 aliphatic rings. The van der Waals surface area contributed by atoms with Crippen LogP contribution in [0.25, 0.3) is 0 Å². The molecule has 1 aromatic rings. The van der Waals surface area contributed by atoms with Crippen molar-refractivity contribution in [2.75, 3.05) is 7.11 Å². The van der Waals surface area contributed by atoms with Crippen LogP contribution in [-0.4, -0.2) is 32.1 Å². The van der Waals surface area contributed by atoms with Crippen LogP contribution in [0.4, 0.5) is 0 Å². The van der Waals surface area contributed by atoms with Gasteiger partial charge in [-0.05, 0) is 18.4 Å². The molecule has 0 aromatic carbocycles. The molecular formula is C11H15ClO4S2. The highest BCUT2D eigenvalue weighted by atomic mass is 35.5. The summed E-state index contributed by atoms with van der Waals surface area (Å²) >= 11 is 7.07. The molecule has 1 aromatic heterocycles. The first-order chi connectivity index (χ1) is 8.37. The molecule has 2 atom stereocenters. The topological polar surface area (TPSA) is 60.4 Å². The maximum atomic E-state index is 12.1. The van der Waals surface area contributed by atoms with Crippen LogP contribution < -0.4 is 0 Å². The van der Waals surface area contributed by atoms with Crippen molar-refractivity contribution < 1.29 is 17.9 Å². The quantitative estimate of drug-likeness (QED) is 0.726. The van der Waals surface area contributed by atoms with E-state index in [0.29, 0.717) is 0 Å². The van der Waals surface area contributed by atoms with Gasteiger partial charge in [-0.1, -0.05) is 6.07 Å². The van der Waals surface area contributed by atoms with Crippen molar-refractivity contribution >= 4 is 38.6 Å². The van der Waals surface area contributed by atoms with Crippen LogP contribution in [-0.2, 0) is 19.4 Å². The van der Waals surface area contributed by atoms with Crippen molar-refractivity contribution in [3.63, 3.8) is 0 Å². The van der Waals surface area contributed by atoms with Gasteiger partial charge in [-0.3, -0.25) is 4.79 Å². The number of Topliss-reactive ketones (excluding diaryl/α,β-unsaturated/α-hetero) is 1. The number of hydrogen-bond acceptors (Lipinski definition) is 5. The molecule has 0 aliphatic heterocycles. The number of rotatable bonds is 7. The smallest absolute Gasteiger partial charge is 0.204 e. The number of sulfone groups is 1. The van der Waals surface area contributed by atoms with E-state index in [2.05, 4.69) is 0 Å². The minimum Gasteiger partial charge on any atom is -0.381 e. The molecule has 0 amide bonds. The number of ketones is 1. The van der Waals surface area contributed by atoms with E-state index >= 15 is 0 Å². The fourth-order valence-electron chi connectivity index (χ4n) is 1.47. The molecule has 0 radical (unpaired) electrons. The zero-order chi connectivity index (χ0) is 13.8. The third-order valence-corrected chi connectivity index (χ3v) is 6.50. The molecule has 0 saturated carbocycles. The second-order valence-corrected chi connectivity index (χ2v) is 7.98. The summed E-state index contributed by atoms with van der Waals surface area (Å²) in [5.41, 5.74) is 0. The molecule has 7 heteroatoms. The van der Waals surface area contributed by atoms with Gasteiger partial charge in [0, 0.05) is 20.0 Å². The maximum absolute atomic E-state index is 12.1. The van der Waals surface area contributed by atoms with Crippen LogP contribution in [0.5, 0.6) is 0 Å². The lowest BCUT2D eigenvalue weighted by Gasteiger charge is -2.17. The van der Waals surface area contributed by atoms with E-state index in [1.807, 2.05) is 0 Å². The summed E-state index contributed by atoms with van der Waals surface area (Å²) in [4.78, 5) is 11.0. The zero-order valence-electron chi connectivity index (χ0n) is 10.1. The average Bonchev–Trinajstić information content (AvgIpc) is 2.81. The van der Waals surface area contributed by atoms with Crippen LogP contribution in [0.3, 0.4) is 0 Å². The Morgan fingerprint density at radius 1 is 1.56 bits per heavy atom. The van der Waals surface area contributed by atoms with Gasteiger partial charge in [-0.2, -0.15) is 0 Å². The summed E-state index contributed by atoms with van der Waals surface area (Å²) in [6, 6.07) is 3.17. The normalized spacial score (nSPS) is 15.3. The zero-order valence-corrected chi connectivity index (χ0v) is 12.5. The van der Waals surface area contributed by atoms with E-state index in [0.717, 1.165) is 11.3 Å². The molecule has 0 saturated heterocycles. The lowest BCUT2D eigenvalue weighted by Crippen LogP contribution is -2.24. The van der Waals surface area contributed by atoms with Crippen molar-refractivity contribution in [3.05, 3.63) is 17.5 Å². The number of hydrogen-bond donors (Lipinski definition) is 0. The molecule has 1 rings (SSSR count). The Morgan fingerprint density at radius 3 is 2.67 bits per heavy atom. The average molecular weight is 311 g/mol. The van der Waals surface area contributed by atoms with Crippen molar-refractivity contribution in [1.82, 2.24) is 0 Å². The minimum atomic E-state index is -3.54. The lowest BCUT2D eigenvalue weighted by molar-refractivity contribution is -0.119. The number of halogens is 1. The van der Waals surface area contributed by atoms with Crippen LogP contribution in [0.2, 0.25) is 0 Å². The molecule has 1 heterocycles. The summed E-state index contributed by atoms with van der Waals surface area (Å²) in [7, 11) is -2.10. The molecule has 0 spiro atoms. The summed E-state index contributed by atoms with van der Waals surface area (Å²) in [6.07, 6.45) is -0.211. The van der Waals surface area contributed by atoms with E-state index in [4.69, 9.17) is 16.3 Å². The van der Waals surface area contributed by atoms with Crippen molar-refractivity contribution in [2.24, 2.45) is 0 Å². The van der Waals surface area contributed by atoms with Crippen LogP contribution in [0.1, 0.15) is 19.8 Å². The summed E-state index contributed by atoms with van der Waals surface area (Å²) < 4.78 is 28.4. The number of carbonyl (C=O) groups is 1. The van der Waals surface area contributed by atoms with E-state index < -0.39 is 20.7 Å². The van der Waals surface area contributed by atoms with Gasteiger partial charge in [-0.25, -0.2) is 8.42 Å². The predicted octanol–water partition coefficient (Wildman–Crippen LogP) is 2.47. The molecule has 4 nitrogen and oxygen atoms in total. The predicted molar refractivity (Wildman–Crippen MR) is 71.9 cm³/mol. The molecular weight excluding hydrogens is 296 g/mol. The number of carbonyl (C=O) groups excluding carboxylic acids is 1. The van der Waals surface area contributed by atoms with Gasteiger partial charge < -0.3 is 4.74 Å². The minimum absolute atomic E-state index is 0.0563. The van der Waals surface area contributed by atoms with Crippen LogP contribution in [0.15, 0.2) is 21.7 Å². The van der Waals surface area contributed by atoms with Gasteiger partial charge >= 0.3 is 0 Å². The van der Waals surface area contributed by atoms with Gasteiger partial charge in [-0.15, -0.1) is 22.9 Å². The van der Waals surface area contributed by atoms with Gasteiger partial charge in [0.1, 0.15) is 14.7 Å². The van der Waals surface area contributed by atoms with Gasteiger partial charge in [0.15, 0.2) is 0 Å². The molecule has 0 N–H and O–H groups in total. The van der Waals surface area contributed by atoms with Crippen molar-refractivity contribution in [3.8, 4) is 0 Å². The van der Waals surface area contributed by atoms with Crippen molar-refractivity contribution in [1.29, 1.82) is 0 Å². The fourth-order valence-corrected chi connectivity index (χ4v) is 4.60. The van der Waals surface area contributed by atoms with E-state index in [9.17, 15) is 13.2 Å². The monoisotopic (exact) mass is 310 g/mol. The largest absolute Gasteiger partial charge is 0.381 e. The molecule has 102 valence electrons. The van der Waals surface area contributed by atoms with E-state index in [1.165, 1.54) is 20.1 Å². The van der Waals surface area contributed by atoms with Gasteiger partial charge in [0.2, 0.25) is 9.84 Å². The number of alkyl halides is 1. The number of methoxy groups -OCH3 is 1. The van der Waals surface area contributed by atoms with E-state index in [-0.39, 0.29) is 22.8 Å². The highest BCUT2D eigenvalue weighted by Crippen LogP contribution is 2.27. The standard InChI is InChI=1S/C11H15ClO4S2/c1-8(13)6-9(16-2)7-10(12)18(14,15)11-4-3-5-17-11/h3-5,9-10H,6-7H2,1-2H3. The molecule has 0 fully saturated rings. The highest BCUT2D eigenvalue weighted by molar-refractivity contribution is 7.95. The second-order valence-electron chi connectivity index (χ2n) is 3.89. The Balaban J connectivity index is 2.75.